The van der Waals surface area contributed by atoms with Gasteiger partial charge in [0.25, 0.3) is 10.1 Å². The van der Waals surface area contributed by atoms with E-state index in [0.717, 1.165) is 5.56 Å². The predicted octanol–water partition coefficient (Wildman–Crippen LogP) is 4.15. The Labute approximate surface area is 150 Å². The predicted molar refractivity (Wildman–Crippen MR) is 94.4 cm³/mol. The third kappa shape index (κ3) is 4.36. The van der Waals surface area contributed by atoms with E-state index in [9.17, 15) is 8.42 Å². The molecule has 1 heterocycles. The Hall–Kier alpha value is -2.41. The molecule has 0 radical (unpaired) electrons. The fraction of sp³-hybridized carbons (Fsp3) is 0.0556. The van der Waals surface area contributed by atoms with Crippen molar-refractivity contribution in [3.8, 4) is 5.75 Å². The molecular weight excluding hydrogens is 362 g/mol. The summed E-state index contributed by atoms with van der Waals surface area (Å²) in [6.07, 6.45) is 1.18. The van der Waals surface area contributed by atoms with Gasteiger partial charge in [-0.3, -0.25) is 9.54 Å². The van der Waals surface area contributed by atoms with Crippen molar-refractivity contribution in [2.24, 2.45) is 0 Å². The van der Waals surface area contributed by atoms with Crippen LogP contribution < -0.4 is 4.74 Å². The molecule has 3 rings (SSSR count). The number of benzene rings is 2. The zero-order chi connectivity index (χ0) is 17.9. The van der Waals surface area contributed by atoms with E-state index in [1.807, 2.05) is 30.3 Å². The lowest BCUT2D eigenvalue weighted by Gasteiger charge is -2.19. The fourth-order valence-corrected chi connectivity index (χ4v) is 2.90. The molecule has 128 valence electrons. The summed E-state index contributed by atoms with van der Waals surface area (Å²) >= 11 is 5.95. The molecule has 0 aliphatic carbocycles. The van der Waals surface area contributed by atoms with Gasteiger partial charge in [-0.2, -0.15) is 8.42 Å². The highest BCUT2D eigenvalue weighted by Gasteiger charge is 2.18. The third-order valence-corrected chi connectivity index (χ3v) is 4.62. The molecule has 0 saturated heterocycles. The van der Waals surface area contributed by atoms with Gasteiger partial charge < -0.3 is 4.74 Å². The molecule has 0 fully saturated rings. The van der Waals surface area contributed by atoms with Gasteiger partial charge in [-0.1, -0.05) is 29.8 Å². The standard InChI is InChI=1S/C18H14ClNO4S/c19-14-6-4-13(5-7-14)18(17-3-1-2-12-20-17)24-15-8-10-16(11-9-15)25(21,22)23/h1-12,18H,(H,21,22,23)/t18-/m0/s1. The van der Waals surface area contributed by atoms with Gasteiger partial charge in [-0.25, -0.2) is 0 Å². The van der Waals surface area contributed by atoms with Gasteiger partial charge >= 0.3 is 0 Å². The molecule has 0 spiro atoms. The molecule has 1 atom stereocenters. The minimum Gasteiger partial charge on any atom is -0.479 e. The van der Waals surface area contributed by atoms with Crippen molar-refractivity contribution in [2.45, 2.75) is 11.0 Å². The Balaban J connectivity index is 1.94. The Bertz CT molecular complexity index is 943. The number of halogens is 1. The zero-order valence-electron chi connectivity index (χ0n) is 12.9. The fourth-order valence-electron chi connectivity index (χ4n) is 2.29. The van der Waals surface area contributed by atoms with E-state index < -0.39 is 16.2 Å². The van der Waals surface area contributed by atoms with E-state index in [1.165, 1.54) is 24.3 Å². The van der Waals surface area contributed by atoms with Crippen LogP contribution in [0.25, 0.3) is 0 Å². The van der Waals surface area contributed by atoms with Crippen LogP contribution in [0.1, 0.15) is 17.4 Å². The SMILES string of the molecule is O=S(=O)(O)c1ccc(O[C@@H](c2ccc(Cl)cc2)c2ccccn2)cc1. The van der Waals surface area contributed by atoms with E-state index in [-0.39, 0.29) is 4.90 Å². The number of ether oxygens (including phenoxy) is 1. The van der Waals surface area contributed by atoms with Crippen molar-refractivity contribution in [1.82, 2.24) is 4.98 Å². The van der Waals surface area contributed by atoms with Crippen molar-refractivity contribution in [2.75, 3.05) is 0 Å². The van der Waals surface area contributed by atoms with Crippen molar-refractivity contribution >= 4 is 21.7 Å². The lowest BCUT2D eigenvalue weighted by atomic mass is 10.1. The second kappa shape index (κ2) is 7.23. The zero-order valence-corrected chi connectivity index (χ0v) is 14.5. The maximum absolute atomic E-state index is 11.1. The highest BCUT2D eigenvalue weighted by Crippen LogP contribution is 2.28. The second-order valence-electron chi connectivity index (χ2n) is 5.25. The van der Waals surface area contributed by atoms with Crippen molar-refractivity contribution in [3.05, 3.63) is 89.2 Å². The summed E-state index contributed by atoms with van der Waals surface area (Å²) in [5.74, 6) is 0.443. The molecule has 25 heavy (non-hydrogen) atoms. The van der Waals surface area contributed by atoms with Crippen molar-refractivity contribution < 1.29 is 17.7 Å². The summed E-state index contributed by atoms with van der Waals surface area (Å²) in [6, 6.07) is 18.2. The maximum Gasteiger partial charge on any atom is 0.294 e. The van der Waals surface area contributed by atoms with Crippen LogP contribution in [-0.4, -0.2) is 18.0 Å². The molecule has 1 aromatic heterocycles. The average Bonchev–Trinajstić information content (AvgIpc) is 2.61. The lowest BCUT2D eigenvalue weighted by Crippen LogP contribution is -2.11. The topological polar surface area (TPSA) is 76.5 Å². The first-order chi connectivity index (χ1) is 11.9. The van der Waals surface area contributed by atoms with Gasteiger partial charge in [0.05, 0.1) is 10.6 Å². The van der Waals surface area contributed by atoms with E-state index in [2.05, 4.69) is 4.98 Å². The number of rotatable bonds is 5. The first-order valence-electron chi connectivity index (χ1n) is 7.34. The molecular formula is C18H14ClNO4S. The van der Waals surface area contributed by atoms with Crippen LogP contribution in [-0.2, 0) is 10.1 Å². The van der Waals surface area contributed by atoms with Gasteiger partial charge in [-0.05, 0) is 54.1 Å². The summed E-state index contributed by atoms with van der Waals surface area (Å²) in [7, 11) is -4.24. The summed E-state index contributed by atoms with van der Waals surface area (Å²) < 4.78 is 37.3. The average molecular weight is 376 g/mol. The van der Waals surface area contributed by atoms with Crippen LogP contribution in [0, 0.1) is 0 Å². The molecule has 0 aliphatic rings. The summed E-state index contributed by atoms with van der Waals surface area (Å²) in [5.41, 5.74) is 1.55. The van der Waals surface area contributed by atoms with Crippen molar-refractivity contribution in [1.29, 1.82) is 0 Å². The quantitative estimate of drug-likeness (QED) is 0.678. The smallest absolute Gasteiger partial charge is 0.294 e. The largest absolute Gasteiger partial charge is 0.479 e. The minimum atomic E-state index is -4.24. The number of hydrogen-bond donors (Lipinski definition) is 1. The Kier molecular flexibility index (Phi) is 5.03. The highest BCUT2D eigenvalue weighted by molar-refractivity contribution is 7.85. The van der Waals surface area contributed by atoms with Gasteiger partial charge in [0.15, 0.2) is 6.10 Å². The van der Waals surface area contributed by atoms with E-state index in [1.54, 1.807) is 18.3 Å². The second-order valence-corrected chi connectivity index (χ2v) is 7.11. The molecule has 1 N–H and O–H groups in total. The van der Waals surface area contributed by atoms with Crippen LogP contribution in [0.15, 0.2) is 77.8 Å². The number of nitrogens with zero attached hydrogens (tertiary/aromatic N) is 1. The number of hydrogen-bond acceptors (Lipinski definition) is 4. The third-order valence-electron chi connectivity index (χ3n) is 3.50. The first kappa shape index (κ1) is 17.4. The van der Waals surface area contributed by atoms with Gasteiger partial charge in [0.1, 0.15) is 5.75 Å². The highest BCUT2D eigenvalue weighted by atomic mass is 35.5. The van der Waals surface area contributed by atoms with E-state index in [4.69, 9.17) is 20.9 Å². The van der Waals surface area contributed by atoms with Crippen LogP contribution >= 0.6 is 11.6 Å². The van der Waals surface area contributed by atoms with Crippen LogP contribution in [0.4, 0.5) is 0 Å². The van der Waals surface area contributed by atoms with Crippen LogP contribution in [0.2, 0.25) is 5.02 Å². The minimum absolute atomic E-state index is 0.194. The maximum atomic E-state index is 11.1. The van der Waals surface area contributed by atoms with Crippen molar-refractivity contribution in [3.63, 3.8) is 0 Å². The van der Waals surface area contributed by atoms with Gasteiger partial charge in [-0.15, -0.1) is 0 Å². The summed E-state index contributed by atoms with van der Waals surface area (Å²) in [5, 5.41) is 0.612. The summed E-state index contributed by atoms with van der Waals surface area (Å²) in [4.78, 5) is 4.14. The molecule has 0 bridgehead atoms. The number of pyridine rings is 1. The van der Waals surface area contributed by atoms with E-state index >= 15 is 0 Å². The molecule has 0 aliphatic heterocycles. The summed E-state index contributed by atoms with van der Waals surface area (Å²) in [6.45, 7) is 0. The Morgan fingerprint density at radius 3 is 2.20 bits per heavy atom. The molecule has 0 saturated carbocycles. The van der Waals surface area contributed by atoms with Gasteiger partial charge in [0.2, 0.25) is 0 Å². The van der Waals surface area contributed by atoms with Gasteiger partial charge in [0, 0.05) is 11.2 Å². The van der Waals surface area contributed by atoms with Crippen LogP contribution in [0.5, 0.6) is 5.75 Å². The number of aromatic nitrogens is 1. The first-order valence-corrected chi connectivity index (χ1v) is 9.16. The van der Waals surface area contributed by atoms with E-state index in [0.29, 0.717) is 16.5 Å². The molecule has 3 aromatic rings. The lowest BCUT2D eigenvalue weighted by molar-refractivity contribution is 0.242. The normalized spacial score (nSPS) is 12.6. The Morgan fingerprint density at radius 1 is 0.960 bits per heavy atom. The Morgan fingerprint density at radius 2 is 1.64 bits per heavy atom. The van der Waals surface area contributed by atoms with Crippen LogP contribution in [0.3, 0.4) is 0 Å². The molecule has 5 nitrogen and oxygen atoms in total. The molecule has 0 amide bonds. The molecule has 7 heteroatoms. The molecule has 0 unspecified atom stereocenters. The molecule has 2 aromatic carbocycles. The monoisotopic (exact) mass is 375 g/mol.